The Labute approximate surface area is 249 Å². The van der Waals surface area contributed by atoms with E-state index < -0.39 is 72.6 Å². The number of aliphatic imine (C=N–C) groups is 1. The third-order valence-corrected chi connectivity index (χ3v) is 8.55. The van der Waals surface area contributed by atoms with Gasteiger partial charge in [-0.2, -0.15) is 26.3 Å². The number of nitrogens with zero attached hydrogens (tertiary/aromatic N) is 1. The first-order chi connectivity index (χ1) is 20.2. The fourth-order valence-corrected chi connectivity index (χ4v) is 6.28. The van der Waals surface area contributed by atoms with Crippen molar-refractivity contribution in [1.82, 2.24) is 5.32 Å². The van der Waals surface area contributed by atoms with E-state index in [-0.39, 0.29) is 37.1 Å². The first-order valence-electron chi connectivity index (χ1n) is 13.8. The molecule has 0 saturated heterocycles. The Hall–Kier alpha value is -3.41. The summed E-state index contributed by atoms with van der Waals surface area (Å²) in [5.41, 5.74) is 7.49. The topological polar surface area (TPSA) is 102 Å². The maximum Gasteiger partial charge on any atom is 0.391 e. The number of fused-ring (bicyclic) bond motifs is 1. The third-order valence-electron chi connectivity index (χ3n) is 8.19. The lowest BCUT2D eigenvalue weighted by Crippen LogP contribution is -2.49. The van der Waals surface area contributed by atoms with Crippen LogP contribution in [0.5, 0.6) is 0 Å². The van der Waals surface area contributed by atoms with E-state index in [2.05, 4.69) is 10.3 Å². The number of Topliss-reactive ketones (excluding diaryl/α,β-unsaturated/α-hetero) is 1. The van der Waals surface area contributed by atoms with Crippen molar-refractivity contribution < 1.29 is 40.7 Å². The fourth-order valence-electron chi connectivity index (χ4n) is 6.04. The molecule has 1 heterocycles. The van der Waals surface area contributed by atoms with Gasteiger partial charge in [-0.05, 0) is 49.7 Å². The minimum absolute atomic E-state index is 0.139. The molecule has 0 bridgehead atoms. The zero-order valence-electron chi connectivity index (χ0n) is 22.9. The van der Waals surface area contributed by atoms with Crippen LogP contribution in [-0.2, 0) is 20.8 Å². The maximum atomic E-state index is 13.7. The highest BCUT2D eigenvalue weighted by atomic mass is 35.5. The van der Waals surface area contributed by atoms with E-state index in [1.807, 2.05) is 0 Å². The summed E-state index contributed by atoms with van der Waals surface area (Å²) in [7, 11) is 0. The van der Waals surface area contributed by atoms with Crippen LogP contribution in [0, 0.1) is 23.7 Å². The predicted molar refractivity (Wildman–Crippen MR) is 147 cm³/mol. The highest BCUT2D eigenvalue weighted by molar-refractivity contribution is 6.32. The van der Waals surface area contributed by atoms with Gasteiger partial charge in [-0.3, -0.25) is 19.4 Å². The SMILES string of the molecule is NC(=O)[C@@H](C1CCC(C(F)(F)F)CC1)[C@@H](CCC(F)(F)F)C(=O)N[C@H]1N=C(c2ccccc2)c2cccc(Cl)c2CC1=O. The fraction of sp³-hybridized carbons (Fsp3) is 0.467. The largest absolute Gasteiger partial charge is 0.391 e. The molecule has 3 atom stereocenters. The number of halogens is 7. The maximum absolute atomic E-state index is 13.7. The lowest BCUT2D eigenvalue weighted by molar-refractivity contribution is -0.185. The summed E-state index contributed by atoms with van der Waals surface area (Å²) < 4.78 is 79.7. The number of hydrogen-bond donors (Lipinski definition) is 2. The molecule has 2 aromatic rings. The molecule has 232 valence electrons. The van der Waals surface area contributed by atoms with Crippen molar-refractivity contribution in [2.75, 3.05) is 0 Å². The van der Waals surface area contributed by atoms with Gasteiger partial charge in [0.05, 0.1) is 23.5 Å². The molecule has 1 aliphatic heterocycles. The molecule has 0 aromatic heterocycles. The number of nitrogens with one attached hydrogen (secondary N) is 1. The highest BCUT2D eigenvalue weighted by Crippen LogP contribution is 2.44. The number of ketones is 1. The van der Waals surface area contributed by atoms with Crippen molar-refractivity contribution >= 4 is 34.9 Å². The van der Waals surface area contributed by atoms with Gasteiger partial charge in [0.1, 0.15) is 0 Å². The number of hydrogen-bond acceptors (Lipinski definition) is 4. The summed E-state index contributed by atoms with van der Waals surface area (Å²) in [4.78, 5) is 44.1. The van der Waals surface area contributed by atoms with Crippen LogP contribution < -0.4 is 11.1 Å². The normalized spacial score (nSPS) is 22.5. The number of benzene rings is 2. The van der Waals surface area contributed by atoms with E-state index in [1.54, 1.807) is 48.5 Å². The van der Waals surface area contributed by atoms with Gasteiger partial charge in [0, 0.05) is 29.0 Å². The van der Waals surface area contributed by atoms with E-state index >= 15 is 0 Å². The molecule has 43 heavy (non-hydrogen) atoms. The minimum atomic E-state index is -4.69. The predicted octanol–water partition coefficient (Wildman–Crippen LogP) is 6.17. The molecule has 4 rings (SSSR count). The van der Waals surface area contributed by atoms with Crippen LogP contribution in [0.15, 0.2) is 53.5 Å². The van der Waals surface area contributed by atoms with E-state index in [9.17, 15) is 40.7 Å². The Morgan fingerprint density at radius 2 is 1.63 bits per heavy atom. The van der Waals surface area contributed by atoms with Crippen LogP contribution in [-0.4, -0.2) is 41.8 Å². The second-order valence-corrected chi connectivity index (χ2v) is 11.4. The van der Waals surface area contributed by atoms with E-state index in [4.69, 9.17) is 17.3 Å². The van der Waals surface area contributed by atoms with Crippen molar-refractivity contribution in [1.29, 1.82) is 0 Å². The van der Waals surface area contributed by atoms with Crippen LogP contribution in [0.25, 0.3) is 0 Å². The minimum Gasteiger partial charge on any atom is -0.369 e. The second-order valence-electron chi connectivity index (χ2n) is 11.0. The summed E-state index contributed by atoms with van der Waals surface area (Å²) in [5, 5.41) is 2.72. The Morgan fingerprint density at radius 3 is 2.21 bits per heavy atom. The quantitative estimate of drug-likeness (QED) is 0.341. The Bertz CT molecular complexity index is 1370. The molecule has 1 aliphatic carbocycles. The van der Waals surface area contributed by atoms with Crippen LogP contribution in [0.4, 0.5) is 26.3 Å². The van der Waals surface area contributed by atoms with E-state index in [1.165, 1.54) is 0 Å². The second kappa shape index (κ2) is 13.1. The number of primary amides is 1. The van der Waals surface area contributed by atoms with Crippen molar-refractivity contribution in [3.63, 3.8) is 0 Å². The molecule has 1 fully saturated rings. The summed E-state index contributed by atoms with van der Waals surface area (Å²) in [6, 6.07) is 13.7. The monoisotopic (exact) mass is 629 g/mol. The molecule has 0 radical (unpaired) electrons. The third kappa shape index (κ3) is 7.95. The Morgan fingerprint density at radius 1 is 0.977 bits per heavy atom. The van der Waals surface area contributed by atoms with Crippen molar-refractivity contribution in [3.05, 3.63) is 70.2 Å². The molecule has 2 amide bonds. The summed E-state index contributed by atoms with van der Waals surface area (Å²) in [6.07, 6.45) is -14.1. The van der Waals surface area contributed by atoms with Gasteiger partial charge in [-0.25, -0.2) is 0 Å². The molecule has 1 saturated carbocycles. The molecule has 2 aromatic carbocycles. The average molecular weight is 630 g/mol. The van der Waals surface area contributed by atoms with Gasteiger partial charge in [-0.1, -0.05) is 54.1 Å². The van der Waals surface area contributed by atoms with E-state index in [0.717, 1.165) is 0 Å². The number of alkyl halides is 6. The number of nitrogens with two attached hydrogens (primary N) is 1. The van der Waals surface area contributed by atoms with Gasteiger partial charge >= 0.3 is 12.4 Å². The highest BCUT2D eigenvalue weighted by Gasteiger charge is 2.47. The summed E-state index contributed by atoms with van der Waals surface area (Å²) in [5.74, 6) is -8.30. The molecular weight excluding hydrogens is 600 g/mol. The molecule has 6 nitrogen and oxygen atoms in total. The van der Waals surface area contributed by atoms with Crippen molar-refractivity contribution in [2.24, 2.45) is 34.4 Å². The van der Waals surface area contributed by atoms with Crippen LogP contribution in [0.1, 0.15) is 55.2 Å². The molecule has 0 unspecified atom stereocenters. The Kier molecular flexibility index (Phi) is 9.88. The standard InChI is InChI=1S/C30H30ClF6N3O3/c31-22-8-4-7-19-21(22)15-23(41)27(39-25(19)17-5-2-1-3-6-17)40-28(43)20(13-14-29(32,33)34)24(26(38)42)16-9-11-18(12-10-16)30(35,36)37/h1-8,16,18,20,24,27H,9-15H2,(H2,38,42)(H,40,43)/t16?,18?,20-,24+,27-/m1/s1. The van der Waals surface area contributed by atoms with E-state index in [0.29, 0.717) is 22.4 Å². The first-order valence-corrected chi connectivity index (χ1v) is 14.2. The average Bonchev–Trinajstić information content (AvgIpc) is 3.07. The molecule has 3 N–H and O–H groups in total. The summed E-state index contributed by atoms with van der Waals surface area (Å²) >= 11 is 6.40. The number of carbonyl (C=O) groups excluding carboxylic acids is 3. The smallest absolute Gasteiger partial charge is 0.369 e. The zero-order chi connectivity index (χ0) is 31.5. The van der Waals surface area contributed by atoms with Crippen LogP contribution in [0.2, 0.25) is 5.02 Å². The first kappa shape index (κ1) is 32.5. The zero-order valence-corrected chi connectivity index (χ0v) is 23.6. The number of carbonyl (C=O) groups is 3. The van der Waals surface area contributed by atoms with Gasteiger partial charge in [0.15, 0.2) is 11.9 Å². The van der Waals surface area contributed by atoms with Gasteiger partial charge < -0.3 is 11.1 Å². The Balaban J connectivity index is 1.67. The summed E-state index contributed by atoms with van der Waals surface area (Å²) in [6.45, 7) is 0. The van der Waals surface area contributed by atoms with Crippen LogP contribution >= 0.6 is 11.6 Å². The van der Waals surface area contributed by atoms with Crippen molar-refractivity contribution in [3.8, 4) is 0 Å². The number of rotatable bonds is 8. The van der Waals surface area contributed by atoms with Gasteiger partial charge in [-0.15, -0.1) is 0 Å². The molecular formula is C30H30ClF6N3O3. The number of amides is 2. The molecule has 2 aliphatic rings. The van der Waals surface area contributed by atoms with Gasteiger partial charge in [0.2, 0.25) is 11.8 Å². The molecule has 0 spiro atoms. The van der Waals surface area contributed by atoms with Gasteiger partial charge in [0.25, 0.3) is 0 Å². The van der Waals surface area contributed by atoms with Crippen LogP contribution in [0.3, 0.4) is 0 Å². The lowest BCUT2D eigenvalue weighted by Gasteiger charge is -2.36. The molecule has 13 heteroatoms. The lowest BCUT2D eigenvalue weighted by atomic mass is 9.69. The van der Waals surface area contributed by atoms with Crippen molar-refractivity contribution in [2.45, 2.75) is 63.5 Å².